The minimum Gasteiger partial charge on any atom is -0.325 e. The first kappa shape index (κ1) is 13.6. The number of rotatable bonds is 3. The average Bonchev–Trinajstić information content (AvgIpc) is 3.38. The van der Waals surface area contributed by atoms with Crippen LogP contribution in [0.2, 0.25) is 0 Å². The summed E-state index contributed by atoms with van der Waals surface area (Å²) in [5.74, 6) is 0.165. The summed E-state index contributed by atoms with van der Waals surface area (Å²) in [6, 6.07) is 16.5. The molecule has 2 nitrogen and oxygen atoms in total. The van der Waals surface area contributed by atoms with Crippen molar-refractivity contribution in [2.45, 2.75) is 43.9 Å². The van der Waals surface area contributed by atoms with Crippen LogP contribution in [0.15, 0.2) is 48.5 Å². The number of carbonyl (C=O) groups is 1. The summed E-state index contributed by atoms with van der Waals surface area (Å²) < 4.78 is 0. The highest BCUT2D eigenvalue weighted by Crippen LogP contribution is 2.49. The van der Waals surface area contributed by atoms with Crippen molar-refractivity contribution in [1.29, 1.82) is 0 Å². The van der Waals surface area contributed by atoms with Crippen molar-refractivity contribution in [1.82, 2.24) is 0 Å². The van der Waals surface area contributed by atoms with Gasteiger partial charge >= 0.3 is 0 Å². The summed E-state index contributed by atoms with van der Waals surface area (Å²) in [5, 5.41) is 3.23. The average molecular weight is 291 g/mol. The number of amides is 1. The van der Waals surface area contributed by atoms with E-state index in [0.29, 0.717) is 0 Å². The maximum Gasteiger partial charge on any atom is 0.235 e. The molecule has 0 aliphatic heterocycles. The highest BCUT2D eigenvalue weighted by atomic mass is 16.2. The molecule has 2 aliphatic carbocycles. The Kier molecular flexibility index (Phi) is 3.25. The lowest BCUT2D eigenvalue weighted by molar-refractivity contribution is -0.118. The normalized spacial score (nSPS) is 18.4. The molecule has 22 heavy (non-hydrogen) atoms. The number of carbonyl (C=O) groups excluding carboxylic acids is 1. The molecule has 0 saturated heterocycles. The highest BCUT2D eigenvalue weighted by Gasteiger charge is 2.51. The van der Waals surface area contributed by atoms with Crippen molar-refractivity contribution in [2.75, 3.05) is 5.32 Å². The Bertz CT molecular complexity index is 701. The van der Waals surface area contributed by atoms with Gasteiger partial charge < -0.3 is 5.32 Å². The summed E-state index contributed by atoms with van der Waals surface area (Å²) in [7, 11) is 0. The third-order valence-corrected chi connectivity index (χ3v) is 5.16. The highest BCUT2D eigenvalue weighted by molar-refractivity contribution is 6.02. The van der Waals surface area contributed by atoms with E-state index in [-0.39, 0.29) is 11.3 Å². The van der Waals surface area contributed by atoms with E-state index in [4.69, 9.17) is 0 Å². The topological polar surface area (TPSA) is 29.1 Å². The number of anilines is 1. The molecule has 1 amide bonds. The van der Waals surface area contributed by atoms with Crippen LogP contribution < -0.4 is 5.32 Å². The van der Waals surface area contributed by atoms with Crippen LogP contribution >= 0.6 is 0 Å². The van der Waals surface area contributed by atoms with Gasteiger partial charge in [-0.2, -0.15) is 0 Å². The van der Waals surface area contributed by atoms with Crippen molar-refractivity contribution >= 4 is 11.6 Å². The van der Waals surface area contributed by atoms with Crippen LogP contribution in [0.1, 0.15) is 42.4 Å². The molecule has 0 aromatic heterocycles. The van der Waals surface area contributed by atoms with Gasteiger partial charge in [-0.3, -0.25) is 4.79 Å². The lowest BCUT2D eigenvalue weighted by Gasteiger charge is -2.22. The van der Waals surface area contributed by atoms with Crippen LogP contribution in [0.5, 0.6) is 0 Å². The van der Waals surface area contributed by atoms with E-state index < -0.39 is 0 Å². The van der Waals surface area contributed by atoms with Gasteiger partial charge in [0.1, 0.15) is 0 Å². The van der Waals surface area contributed by atoms with E-state index in [9.17, 15) is 4.79 Å². The summed E-state index contributed by atoms with van der Waals surface area (Å²) in [6.45, 7) is 0. The van der Waals surface area contributed by atoms with Gasteiger partial charge in [0.25, 0.3) is 0 Å². The summed E-state index contributed by atoms with van der Waals surface area (Å²) in [5.41, 5.74) is 4.65. The molecule has 0 atom stereocenters. The zero-order chi connectivity index (χ0) is 15.0. The fraction of sp³-hybridized carbons (Fsp3) is 0.350. The Labute approximate surface area is 131 Å². The molecule has 1 saturated carbocycles. The molecule has 0 heterocycles. The van der Waals surface area contributed by atoms with Gasteiger partial charge in [-0.1, -0.05) is 42.5 Å². The number of hydrogen-bond acceptors (Lipinski definition) is 1. The third-order valence-electron chi connectivity index (χ3n) is 5.16. The summed E-state index contributed by atoms with van der Waals surface area (Å²) in [4.78, 5) is 12.9. The Morgan fingerprint density at radius 1 is 0.909 bits per heavy atom. The lowest BCUT2D eigenvalue weighted by Crippen LogP contribution is -2.28. The number of nitrogens with one attached hydrogen (secondary N) is 1. The van der Waals surface area contributed by atoms with E-state index in [2.05, 4.69) is 35.6 Å². The largest absolute Gasteiger partial charge is 0.325 e. The van der Waals surface area contributed by atoms with Crippen LogP contribution in [0.4, 0.5) is 5.69 Å². The first-order chi connectivity index (χ1) is 10.8. The van der Waals surface area contributed by atoms with Crippen LogP contribution in [0.3, 0.4) is 0 Å². The summed E-state index contributed by atoms with van der Waals surface area (Å²) >= 11 is 0. The van der Waals surface area contributed by atoms with Gasteiger partial charge in [-0.15, -0.1) is 0 Å². The van der Waals surface area contributed by atoms with Gasteiger partial charge in [0.2, 0.25) is 5.91 Å². The zero-order valence-electron chi connectivity index (χ0n) is 12.8. The molecule has 2 heteroatoms. The minimum absolute atomic E-state index is 0.165. The fourth-order valence-corrected chi connectivity index (χ4v) is 3.67. The molecule has 2 aliphatic rings. The molecule has 0 radical (unpaired) electrons. The molecule has 0 bridgehead atoms. The molecular formula is C20H21NO. The molecule has 2 aromatic carbocycles. The van der Waals surface area contributed by atoms with Gasteiger partial charge in [0, 0.05) is 5.69 Å². The van der Waals surface area contributed by atoms with Crippen molar-refractivity contribution < 1.29 is 4.79 Å². The third kappa shape index (κ3) is 2.23. The van der Waals surface area contributed by atoms with Crippen molar-refractivity contribution in [2.24, 2.45) is 0 Å². The van der Waals surface area contributed by atoms with Gasteiger partial charge in [0.15, 0.2) is 0 Å². The number of hydrogen-bond donors (Lipinski definition) is 1. The van der Waals surface area contributed by atoms with Gasteiger partial charge in [-0.05, 0) is 61.3 Å². The molecule has 1 fully saturated rings. The Hall–Kier alpha value is -2.09. The zero-order valence-corrected chi connectivity index (χ0v) is 12.8. The first-order valence-electron chi connectivity index (χ1n) is 8.27. The monoisotopic (exact) mass is 291 g/mol. The van der Waals surface area contributed by atoms with E-state index in [0.717, 1.165) is 36.9 Å². The molecule has 2 aromatic rings. The number of benzene rings is 2. The first-order valence-corrected chi connectivity index (χ1v) is 8.27. The van der Waals surface area contributed by atoms with Gasteiger partial charge in [-0.25, -0.2) is 0 Å². The van der Waals surface area contributed by atoms with Gasteiger partial charge in [0.05, 0.1) is 5.41 Å². The second-order valence-corrected chi connectivity index (χ2v) is 6.55. The number of aryl methyl sites for hydroxylation is 1. The predicted octanol–water partition coefficient (Wildman–Crippen LogP) is 4.24. The minimum atomic E-state index is -0.293. The standard InChI is InChI=1S/C20H21NO/c22-19(20(13-14-20)16-9-2-1-3-10-16)21-18-12-6-8-15-7-4-5-11-17(15)18/h1-3,6,8-10,12H,4-5,7,11,13-14H2,(H,21,22). The van der Waals surface area contributed by atoms with Crippen LogP contribution in [-0.4, -0.2) is 5.91 Å². The molecule has 0 spiro atoms. The number of fused-ring (bicyclic) bond motifs is 1. The van der Waals surface area contributed by atoms with Crippen LogP contribution in [0, 0.1) is 0 Å². The molecule has 1 N–H and O–H groups in total. The SMILES string of the molecule is O=C(Nc1cccc2c1CCCC2)C1(c2ccccc2)CC1. The second kappa shape index (κ2) is 5.28. The molecule has 112 valence electrons. The van der Waals surface area contributed by atoms with Crippen LogP contribution in [-0.2, 0) is 23.1 Å². The Morgan fingerprint density at radius 2 is 1.68 bits per heavy atom. The van der Waals surface area contributed by atoms with Crippen LogP contribution in [0.25, 0.3) is 0 Å². The summed E-state index contributed by atoms with van der Waals surface area (Å²) in [6.07, 6.45) is 6.63. The lowest BCUT2D eigenvalue weighted by atomic mass is 9.90. The van der Waals surface area contributed by atoms with E-state index in [1.165, 1.54) is 24.0 Å². The molecule has 4 rings (SSSR count). The Balaban J connectivity index is 1.61. The fourth-order valence-electron chi connectivity index (χ4n) is 3.67. The van der Waals surface area contributed by atoms with Crippen molar-refractivity contribution in [3.63, 3.8) is 0 Å². The van der Waals surface area contributed by atoms with E-state index in [1.54, 1.807) is 0 Å². The Morgan fingerprint density at radius 3 is 2.45 bits per heavy atom. The smallest absolute Gasteiger partial charge is 0.235 e. The van der Waals surface area contributed by atoms with E-state index >= 15 is 0 Å². The maximum absolute atomic E-state index is 12.9. The van der Waals surface area contributed by atoms with Crippen molar-refractivity contribution in [3.8, 4) is 0 Å². The maximum atomic E-state index is 12.9. The van der Waals surface area contributed by atoms with Crippen molar-refractivity contribution in [3.05, 3.63) is 65.2 Å². The predicted molar refractivity (Wildman–Crippen MR) is 89.1 cm³/mol. The molecule has 0 unspecified atom stereocenters. The molecular weight excluding hydrogens is 270 g/mol. The van der Waals surface area contributed by atoms with E-state index in [1.807, 2.05) is 18.2 Å². The quantitative estimate of drug-likeness (QED) is 0.900. The second-order valence-electron chi connectivity index (χ2n) is 6.55.